The molecule has 0 rings (SSSR count). The summed E-state index contributed by atoms with van der Waals surface area (Å²) in [6.07, 6.45) is 44.1. The molecule has 2 unspecified atom stereocenters. The maximum absolute atomic E-state index is 12.5. The number of rotatable bonds is 38. The van der Waals surface area contributed by atoms with Crippen molar-refractivity contribution in [3.05, 3.63) is 48.6 Å². The molecule has 0 saturated carbocycles. The van der Waals surface area contributed by atoms with Gasteiger partial charge in [-0.1, -0.05) is 140 Å². The van der Waals surface area contributed by atoms with E-state index in [0.29, 0.717) is 13.0 Å². The first-order valence-corrected chi connectivity index (χ1v) is 21.6. The van der Waals surface area contributed by atoms with Crippen molar-refractivity contribution in [3.8, 4) is 0 Å². The predicted molar refractivity (Wildman–Crippen MR) is 210 cm³/mol. The van der Waals surface area contributed by atoms with Crippen LogP contribution >= 0.6 is 7.82 Å². The first kappa shape index (κ1) is 48.5. The monoisotopic (exact) mass is 726 g/mol. The third kappa shape index (κ3) is 37.7. The zero-order valence-electron chi connectivity index (χ0n) is 32.1. The summed E-state index contributed by atoms with van der Waals surface area (Å²) < 4.78 is 33.3. The molecule has 0 aliphatic heterocycles. The molecule has 0 bridgehead atoms. The Balaban J connectivity index is 4.08. The van der Waals surface area contributed by atoms with Gasteiger partial charge in [0.1, 0.15) is 6.10 Å². The molecule has 0 fully saturated rings. The van der Waals surface area contributed by atoms with Crippen molar-refractivity contribution in [2.75, 3.05) is 33.0 Å². The van der Waals surface area contributed by atoms with E-state index in [1.807, 2.05) is 0 Å². The SMILES string of the molecule is CCC/C=C\C/C=C\CCCCCCCC(=O)OC(COCCCCCCCCCC/C=C\C/C=C\CCCCC)COP(=O)(O)OCCN. The van der Waals surface area contributed by atoms with Gasteiger partial charge in [-0.05, 0) is 70.6 Å². The third-order valence-electron chi connectivity index (χ3n) is 8.20. The summed E-state index contributed by atoms with van der Waals surface area (Å²) in [5.41, 5.74) is 5.36. The maximum Gasteiger partial charge on any atom is 0.472 e. The Morgan fingerprint density at radius 2 is 1.10 bits per heavy atom. The zero-order valence-corrected chi connectivity index (χ0v) is 33.0. The molecule has 0 spiro atoms. The van der Waals surface area contributed by atoms with Crippen molar-refractivity contribution < 1.29 is 32.8 Å². The molecule has 8 nitrogen and oxygen atoms in total. The van der Waals surface area contributed by atoms with Gasteiger partial charge in [0.05, 0.1) is 19.8 Å². The smallest absolute Gasteiger partial charge is 0.457 e. The van der Waals surface area contributed by atoms with E-state index in [9.17, 15) is 14.3 Å². The minimum atomic E-state index is -4.28. The van der Waals surface area contributed by atoms with E-state index >= 15 is 0 Å². The lowest BCUT2D eigenvalue weighted by atomic mass is 10.1. The fourth-order valence-electron chi connectivity index (χ4n) is 5.24. The van der Waals surface area contributed by atoms with Gasteiger partial charge in [0.15, 0.2) is 0 Å². The highest BCUT2D eigenvalue weighted by Crippen LogP contribution is 2.43. The summed E-state index contributed by atoms with van der Waals surface area (Å²) in [6, 6.07) is 0. The number of phosphoric ester groups is 1. The van der Waals surface area contributed by atoms with E-state index in [1.165, 1.54) is 77.0 Å². The van der Waals surface area contributed by atoms with Crippen molar-refractivity contribution in [1.82, 2.24) is 0 Å². The highest BCUT2D eigenvalue weighted by Gasteiger charge is 2.25. The van der Waals surface area contributed by atoms with Crippen molar-refractivity contribution in [1.29, 1.82) is 0 Å². The standard InChI is InChI=1S/C41H76NO7P/c1-3-5-7-9-11-13-15-17-18-19-20-21-23-25-27-29-31-33-36-46-38-40(39-48-50(44,45)47-37-35-42)49-41(43)34-32-30-28-26-24-22-16-14-12-10-8-6-4-2/h8,10-11,13-14,16-18,40H,3-7,9,12,15,19-39,42H2,1-2H3,(H,44,45)/b10-8-,13-11-,16-14-,18-17-. The molecule has 3 N–H and O–H groups in total. The van der Waals surface area contributed by atoms with Gasteiger partial charge < -0.3 is 20.1 Å². The highest BCUT2D eigenvalue weighted by molar-refractivity contribution is 7.47. The van der Waals surface area contributed by atoms with Crippen LogP contribution in [0.2, 0.25) is 0 Å². The largest absolute Gasteiger partial charge is 0.472 e. The summed E-state index contributed by atoms with van der Waals surface area (Å²) >= 11 is 0. The normalized spacial score (nSPS) is 14.1. The molecule has 0 heterocycles. The predicted octanol–water partition coefficient (Wildman–Crippen LogP) is 11.6. The number of ether oxygens (including phenoxy) is 2. The summed E-state index contributed by atoms with van der Waals surface area (Å²) in [5, 5.41) is 0. The van der Waals surface area contributed by atoms with Crippen molar-refractivity contribution in [2.24, 2.45) is 5.73 Å². The lowest BCUT2D eigenvalue weighted by Crippen LogP contribution is -2.28. The molecule has 0 amide bonds. The number of hydrogen-bond donors (Lipinski definition) is 2. The van der Waals surface area contributed by atoms with Crippen molar-refractivity contribution >= 4 is 13.8 Å². The second-order valence-electron chi connectivity index (χ2n) is 13.1. The second-order valence-corrected chi connectivity index (χ2v) is 14.6. The molecule has 0 aromatic carbocycles. The van der Waals surface area contributed by atoms with Crippen LogP contribution in [0.3, 0.4) is 0 Å². The number of carbonyl (C=O) groups excluding carboxylic acids is 1. The van der Waals surface area contributed by atoms with Gasteiger partial charge in [0.2, 0.25) is 0 Å². The molecule has 0 aliphatic carbocycles. The molecule has 0 aromatic heterocycles. The molecule has 0 radical (unpaired) electrons. The van der Waals surface area contributed by atoms with Crippen LogP contribution in [-0.4, -0.2) is 49.9 Å². The van der Waals surface area contributed by atoms with E-state index in [-0.39, 0.29) is 32.3 Å². The van der Waals surface area contributed by atoms with E-state index in [0.717, 1.165) is 70.6 Å². The fourth-order valence-corrected chi connectivity index (χ4v) is 6.00. The van der Waals surface area contributed by atoms with Gasteiger partial charge >= 0.3 is 13.8 Å². The van der Waals surface area contributed by atoms with Crippen LogP contribution in [0, 0.1) is 0 Å². The first-order chi connectivity index (χ1) is 24.4. The second kappa shape index (κ2) is 38.7. The summed E-state index contributed by atoms with van der Waals surface area (Å²) in [5.74, 6) is -0.349. The number of hydrogen-bond acceptors (Lipinski definition) is 7. The minimum absolute atomic E-state index is 0.0953. The molecule has 0 saturated heterocycles. The van der Waals surface area contributed by atoms with E-state index < -0.39 is 13.9 Å². The molecule has 292 valence electrons. The van der Waals surface area contributed by atoms with E-state index in [2.05, 4.69) is 62.5 Å². The van der Waals surface area contributed by atoms with Crippen LogP contribution < -0.4 is 5.73 Å². The Kier molecular flexibility index (Phi) is 37.5. The van der Waals surface area contributed by atoms with Crippen LogP contribution in [0.15, 0.2) is 48.6 Å². The quantitative estimate of drug-likeness (QED) is 0.0279. The third-order valence-corrected chi connectivity index (χ3v) is 9.18. The Bertz CT molecular complexity index is 905. The Hall–Kier alpha value is -1.54. The average Bonchev–Trinajstić information content (AvgIpc) is 3.10. The first-order valence-electron chi connectivity index (χ1n) is 20.1. The van der Waals surface area contributed by atoms with E-state index in [4.69, 9.17) is 24.3 Å². The number of allylic oxidation sites excluding steroid dienone is 8. The Morgan fingerprint density at radius 3 is 1.64 bits per heavy atom. The number of phosphoric acid groups is 1. The Morgan fingerprint density at radius 1 is 0.600 bits per heavy atom. The van der Waals surface area contributed by atoms with Gasteiger partial charge in [-0.3, -0.25) is 13.8 Å². The topological polar surface area (TPSA) is 117 Å². The van der Waals surface area contributed by atoms with Gasteiger partial charge in [-0.25, -0.2) is 4.57 Å². The van der Waals surface area contributed by atoms with Crippen LogP contribution in [0.1, 0.15) is 168 Å². The van der Waals surface area contributed by atoms with Gasteiger partial charge in [-0.15, -0.1) is 0 Å². The lowest BCUT2D eigenvalue weighted by Gasteiger charge is -2.20. The molecule has 0 aromatic rings. The number of nitrogens with two attached hydrogens (primary N) is 1. The summed E-state index contributed by atoms with van der Waals surface area (Å²) in [4.78, 5) is 22.4. The minimum Gasteiger partial charge on any atom is -0.457 e. The fraction of sp³-hybridized carbons (Fsp3) is 0.780. The zero-order chi connectivity index (χ0) is 36.6. The average molecular weight is 726 g/mol. The van der Waals surface area contributed by atoms with Crippen molar-refractivity contribution in [3.63, 3.8) is 0 Å². The van der Waals surface area contributed by atoms with Crippen LogP contribution in [-0.2, 0) is 27.9 Å². The van der Waals surface area contributed by atoms with Gasteiger partial charge in [0.25, 0.3) is 0 Å². The van der Waals surface area contributed by atoms with Gasteiger partial charge in [-0.2, -0.15) is 0 Å². The van der Waals surface area contributed by atoms with Crippen LogP contribution in [0.5, 0.6) is 0 Å². The molecule has 0 aliphatic rings. The molecule has 2 atom stereocenters. The number of esters is 1. The van der Waals surface area contributed by atoms with Gasteiger partial charge in [0, 0.05) is 19.6 Å². The molecular formula is C41H76NO7P. The lowest BCUT2D eigenvalue weighted by molar-refractivity contribution is -0.154. The highest BCUT2D eigenvalue weighted by atomic mass is 31.2. The van der Waals surface area contributed by atoms with Crippen LogP contribution in [0.25, 0.3) is 0 Å². The summed E-state index contributed by atoms with van der Waals surface area (Å²) in [6.45, 7) is 4.79. The van der Waals surface area contributed by atoms with E-state index in [1.54, 1.807) is 0 Å². The maximum atomic E-state index is 12.5. The number of unbranched alkanes of at least 4 members (excludes halogenated alkanes) is 17. The molecule has 50 heavy (non-hydrogen) atoms. The van der Waals surface area contributed by atoms with Crippen LogP contribution in [0.4, 0.5) is 0 Å². The summed E-state index contributed by atoms with van der Waals surface area (Å²) in [7, 11) is -4.28. The molecule has 9 heteroatoms. The van der Waals surface area contributed by atoms with Crippen molar-refractivity contribution in [2.45, 2.75) is 174 Å². The number of carbonyl (C=O) groups is 1. The Labute approximate surface area is 307 Å². The molecular weight excluding hydrogens is 649 g/mol.